The SMILES string of the molecule is CCc1nn(C)c(C(=O)N(C)CC2CC2C)c1N. The molecule has 100 valence electrons. The van der Waals surface area contributed by atoms with E-state index in [1.165, 1.54) is 6.42 Å². The van der Waals surface area contributed by atoms with Crippen LogP contribution < -0.4 is 5.73 Å². The lowest BCUT2D eigenvalue weighted by molar-refractivity contribution is 0.0777. The molecule has 1 aliphatic carbocycles. The fourth-order valence-electron chi connectivity index (χ4n) is 2.38. The van der Waals surface area contributed by atoms with Crippen molar-refractivity contribution >= 4 is 11.6 Å². The maximum atomic E-state index is 12.4. The van der Waals surface area contributed by atoms with Gasteiger partial charge in [-0.25, -0.2) is 0 Å². The average Bonchev–Trinajstić information content (AvgIpc) is 2.92. The highest BCUT2D eigenvalue weighted by Gasteiger charge is 2.35. The lowest BCUT2D eigenvalue weighted by atomic mass is 10.2. The molecule has 1 heterocycles. The highest BCUT2D eigenvalue weighted by atomic mass is 16.2. The average molecular weight is 250 g/mol. The lowest BCUT2D eigenvalue weighted by Gasteiger charge is -2.17. The first-order valence-corrected chi connectivity index (χ1v) is 6.52. The highest BCUT2D eigenvalue weighted by molar-refractivity contribution is 5.97. The van der Waals surface area contributed by atoms with E-state index in [0.29, 0.717) is 17.3 Å². The van der Waals surface area contributed by atoms with Crippen molar-refractivity contribution in [1.82, 2.24) is 14.7 Å². The molecule has 1 aliphatic rings. The third-order valence-electron chi connectivity index (χ3n) is 3.83. The highest BCUT2D eigenvalue weighted by Crippen LogP contribution is 2.38. The van der Waals surface area contributed by atoms with Gasteiger partial charge in [-0.1, -0.05) is 13.8 Å². The maximum absolute atomic E-state index is 12.4. The molecule has 0 spiro atoms. The molecule has 1 aromatic heterocycles. The number of carbonyl (C=O) groups is 1. The smallest absolute Gasteiger partial charge is 0.274 e. The number of hydrogen-bond acceptors (Lipinski definition) is 3. The zero-order valence-electron chi connectivity index (χ0n) is 11.6. The molecule has 5 nitrogen and oxygen atoms in total. The van der Waals surface area contributed by atoms with E-state index in [2.05, 4.69) is 12.0 Å². The quantitative estimate of drug-likeness (QED) is 0.876. The minimum Gasteiger partial charge on any atom is -0.395 e. The summed E-state index contributed by atoms with van der Waals surface area (Å²) in [5.41, 5.74) is 7.84. The number of nitrogens with zero attached hydrogens (tertiary/aromatic N) is 3. The van der Waals surface area contributed by atoms with Gasteiger partial charge in [0.1, 0.15) is 5.69 Å². The van der Waals surface area contributed by atoms with Crippen molar-refractivity contribution in [3.63, 3.8) is 0 Å². The van der Waals surface area contributed by atoms with Gasteiger partial charge in [0.05, 0.1) is 11.4 Å². The Morgan fingerprint density at radius 3 is 2.67 bits per heavy atom. The van der Waals surface area contributed by atoms with Crippen LogP contribution in [0.3, 0.4) is 0 Å². The summed E-state index contributed by atoms with van der Waals surface area (Å²) in [6, 6.07) is 0. The Balaban J connectivity index is 2.15. The largest absolute Gasteiger partial charge is 0.395 e. The molecule has 0 saturated heterocycles. The summed E-state index contributed by atoms with van der Waals surface area (Å²) < 4.78 is 1.60. The van der Waals surface area contributed by atoms with E-state index in [1.54, 1.807) is 16.6 Å². The van der Waals surface area contributed by atoms with E-state index >= 15 is 0 Å². The van der Waals surface area contributed by atoms with Gasteiger partial charge in [0, 0.05) is 20.6 Å². The van der Waals surface area contributed by atoms with Gasteiger partial charge in [-0.3, -0.25) is 9.48 Å². The Hall–Kier alpha value is -1.52. The van der Waals surface area contributed by atoms with E-state index in [-0.39, 0.29) is 5.91 Å². The summed E-state index contributed by atoms with van der Waals surface area (Å²) in [7, 11) is 3.61. The van der Waals surface area contributed by atoms with Crippen molar-refractivity contribution in [3.05, 3.63) is 11.4 Å². The molecular weight excluding hydrogens is 228 g/mol. The fraction of sp³-hybridized carbons (Fsp3) is 0.692. The number of amides is 1. The number of carbonyl (C=O) groups excluding carboxylic acids is 1. The summed E-state index contributed by atoms with van der Waals surface area (Å²) in [5, 5.41) is 4.29. The van der Waals surface area contributed by atoms with Gasteiger partial charge in [-0.2, -0.15) is 5.10 Å². The molecular formula is C13H22N4O. The van der Waals surface area contributed by atoms with Crippen molar-refractivity contribution < 1.29 is 4.79 Å². The predicted octanol–water partition coefficient (Wildman–Crippen LogP) is 1.29. The number of nitrogen functional groups attached to an aromatic ring is 1. The predicted molar refractivity (Wildman–Crippen MR) is 71.2 cm³/mol. The molecule has 2 rings (SSSR count). The van der Waals surface area contributed by atoms with Crippen LogP contribution in [0.4, 0.5) is 5.69 Å². The second-order valence-electron chi connectivity index (χ2n) is 5.34. The van der Waals surface area contributed by atoms with Gasteiger partial charge in [0.15, 0.2) is 0 Å². The first-order valence-electron chi connectivity index (χ1n) is 6.52. The van der Waals surface area contributed by atoms with Crippen molar-refractivity contribution in [2.24, 2.45) is 18.9 Å². The van der Waals surface area contributed by atoms with Crippen LogP contribution in [0.15, 0.2) is 0 Å². The lowest BCUT2D eigenvalue weighted by Crippen LogP contribution is -2.31. The molecule has 1 saturated carbocycles. The van der Waals surface area contributed by atoms with Crippen molar-refractivity contribution in [2.75, 3.05) is 19.3 Å². The van der Waals surface area contributed by atoms with E-state index in [4.69, 9.17) is 5.73 Å². The van der Waals surface area contributed by atoms with Crippen LogP contribution in [0.5, 0.6) is 0 Å². The Morgan fingerprint density at radius 2 is 2.22 bits per heavy atom. The molecule has 5 heteroatoms. The Morgan fingerprint density at radius 1 is 1.61 bits per heavy atom. The minimum absolute atomic E-state index is 0.0266. The molecule has 0 radical (unpaired) electrons. The Labute approximate surface area is 108 Å². The number of anilines is 1. The number of hydrogen-bond donors (Lipinski definition) is 1. The van der Waals surface area contributed by atoms with Gasteiger partial charge >= 0.3 is 0 Å². The van der Waals surface area contributed by atoms with Gasteiger partial charge in [0.25, 0.3) is 5.91 Å². The molecule has 2 unspecified atom stereocenters. The summed E-state index contributed by atoms with van der Waals surface area (Å²) >= 11 is 0. The van der Waals surface area contributed by atoms with E-state index in [0.717, 1.165) is 24.6 Å². The van der Waals surface area contributed by atoms with Gasteiger partial charge in [-0.05, 0) is 24.7 Å². The second-order valence-corrected chi connectivity index (χ2v) is 5.34. The fourth-order valence-corrected chi connectivity index (χ4v) is 2.38. The molecule has 1 fully saturated rings. The molecule has 0 bridgehead atoms. The van der Waals surface area contributed by atoms with Crippen LogP contribution in [-0.4, -0.2) is 34.2 Å². The minimum atomic E-state index is -0.0266. The van der Waals surface area contributed by atoms with E-state index < -0.39 is 0 Å². The maximum Gasteiger partial charge on any atom is 0.274 e. The topological polar surface area (TPSA) is 64.2 Å². The van der Waals surface area contributed by atoms with Crippen LogP contribution in [-0.2, 0) is 13.5 Å². The number of nitrogens with two attached hydrogens (primary N) is 1. The molecule has 2 N–H and O–H groups in total. The van der Waals surface area contributed by atoms with Crippen LogP contribution in [0.1, 0.15) is 36.5 Å². The van der Waals surface area contributed by atoms with Crippen LogP contribution in [0.25, 0.3) is 0 Å². The normalized spacial score (nSPS) is 22.0. The summed E-state index contributed by atoms with van der Waals surface area (Å²) in [4.78, 5) is 14.1. The molecule has 1 amide bonds. The molecule has 18 heavy (non-hydrogen) atoms. The summed E-state index contributed by atoms with van der Waals surface area (Å²) in [6.45, 7) is 5.02. The van der Waals surface area contributed by atoms with Crippen molar-refractivity contribution in [2.45, 2.75) is 26.7 Å². The van der Waals surface area contributed by atoms with Gasteiger partial charge < -0.3 is 10.6 Å². The van der Waals surface area contributed by atoms with Crippen LogP contribution in [0, 0.1) is 11.8 Å². The molecule has 1 aromatic rings. The zero-order chi connectivity index (χ0) is 13.4. The third kappa shape index (κ3) is 2.21. The molecule has 2 atom stereocenters. The van der Waals surface area contributed by atoms with E-state index in [1.807, 2.05) is 14.0 Å². The third-order valence-corrected chi connectivity index (χ3v) is 3.83. The Kier molecular flexibility index (Phi) is 3.32. The standard InChI is InChI=1S/C13H22N4O/c1-5-10-11(14)12(17(4)15-10)13(18)16(3)7-9-6-8(9)2/h8-9H,5-7,14H2,1-4H3. The van der Waals surface area contributed by atoms with Crippen molar-refractivity contribution in [1.29, 1.82) is 0 Å². The second kappa shape index (κ2) is 4.63. The van der Waals surface area contributed by atoms with Crippen LogP contribution >= 0.6 is 0 Å². The molecule has 0 aliphatic heterocycles. The number of aromatic nitrogens is 2. The first-order chi connectivity index (χ1) is 8.45. The number of rotatable bonds is 4. The summed E-state index contributed by atoms with van der Waals surface area (Å²) in [6.07, 6.45) is 1.97. The number of aryl methyl sites for hydroxylation is 2. The monoisotopic (exact) mass is 250 g/mol. The van der Waals surface area contributed by atoms with E-state index in [9.17, 15) is 4.79 Å². The van der Waals surface area contributed by atoms with Crippen LogP contribution in [0.2, 0.25) is 0 Å². The Bertz CT molecular complexity index is 466. The first kappa shape index (κ1) is 12.9. The van der Waals surface area contributed by atoms with Crippen molar-refractivity contribution in [3.8, 4) is 0 Å². The van der Waals surface area contributed by atoms with Gasteiger partial charge in [0.2, 0.25) is 0 Å². The summed E-state index contributed by atoms with van der Waals surface area (Å²) in [5.74, 6) is 1.37. The van der Waals surface area contributed by atoms with Gasteiger partial charge in [-0.15, -0.1) is 0 Å². The zero-order valence-corrected chi connectivity index (χ0v) is 11.6. The molecule has 0 aromatic carbocycles.